The minimum atomic E-state index is -0.714. The number of nitrogens with zero attached hydrogens (tertiary/aromatic N) is 2. The number of halogens is 1. The van der Waals surface area contributed by atoms with Crippen LogP contribution in [0.4, 0.5) is 0 Å². The number of rotatable bonds is 6. The van der Waals surface area contributed by atoms with Gasteiger partial charge in [-0.3, -0.25) is 9.36 Å². The van der Waals surface area contributed by atoms with E-state index in [4.69, 9.17) is 25.5 Å². The molecule has 9 heteroatoms. The number of hydrogen-bond acceptors (Lipinski definition) is 7. The monoisotopic (exact) mass is 534 g/mol. The second-order valence-corrected chi connectivity index (χ2v) is 9.73. The van der Waals surface area contributed by atoms with Gasteiger partial charge >= 0.3 is 5.97 Å². The van der Waals surface area contributed by atoms with Gasteiger partial charge in [-0.05, 0) is 67.9 Å². The van der Waals surface area contributed by atoms with Crippen molar-refractivity contribution in [1.29, 1.82) is 0 Å². The largest absolute Gasteiger partial charge is 0.497 e. The number of furan rings is 1. The van der Waals surface area contributed by atoms with Crippen molar-refractivity contribution in [3.8, 4) is 17.1 Å². The van der Waals surface area contributed by atoms with Crippen molar-refractivity contribution in [2.75, 3.05) is 13.7 Å². The molecule has 0 N–H and O–H groups in total. The van der Waals surface area contributed by atoms with E-state index in [1.807, 2.05) is 42.5 Å². The van der Waals surface area contributed by atoms with Crippen LogP contribution in [0, 0.1) is 0 Å². The van der Waals surface area contributed by atoms with Crippen LogP contribution < -0.4 is 19.6 Å². The van der Waals surface area contributed by atoms with Gasteiger partial charge in [-0.25, -0.2) is 9.79 Å². The number of esters is 1. The predicted molar refractivity (Wildman–Crippen MR) is 143 cm³/mol. The lowest BCUT2D eigenvalue weighted by molar-refractivity contribution is -0.139. The minimum absolute atomic E-state index is 0.208. The number of aromatic nitrogens is 1. The smallest absolute Gasteiger partial charge is 0.338 e. The standard InChI is InChI=1S/C28H23ClN2O5S/c1-4-35-27(33)24-16(2)30-28-31(25(24)18-6-5-7-20(14-18)34-3)26(32)23(37-28)15-21-12-13-22(36-21)17-8-10-19(29)11-9-17/h5-15,25H,4H2,1-3H3/b23-15-. The zero-order valence-corrected chi connectivity index (χ0v) is 21.9. The molecule has 3 heterocycles. The van der Waals surface area contributed by atoms with Crippen molar-refractivity contribution in [2.24, 2.45) is 4.99 Å². The van der Waals surface area contributed by atoms with Gasteiger partial charge in [-0.1, -0.05) is 35.1 Å². The lowest BCUT2D eigenvalue weighted by atomic mass is 9.95. The van der Waals surface area contributed by atoms with Crippen LogP contribution in [0.2, 0.25) is 5.02 Å². The normalized spacial score (nSPS) is 15.4. The molecule has 0 fully saturated rings. The highest BCUT2D eigenvalue weighted by Gasteiger charge is 2.33. The van der Waals surface area contributed by atoms with E-state index in [1.54, 1.807) is 45.2 Å². The van der Waals surface area contributed by atoms with E-state index in [0.29, 0.717) is 48.5 Å². The maximum absolute atomic E-state index is 13.7. The molecule has 0 saturated heterocycles. The molecular formula is C28H23ClN2O5S. The summed E-state index contributed by atoms with van der Waals surface area (Å²) in [5, 5.41) is 0.639. The number of benzene rings is 2. The Kier molecular flexibility index (Phi) is 6.86. The first-order valence-corrected chi connectivity index (χ1v) is 12.8. The third-order valence-corrected chi connectivity index (χ3v) is 7.19. The SMILES string of the molecule is CCOC(=O)C1=C(C)N=c2s/c(=C\c3ccc(-c4ccc(Cl)cc4)o3)c(=O)n2C1c1cccc(OC)c1. The Morgan fingerprint density at radius 3 is 2.70 bits per heavy atom. The summed E-state index contributed by atoms with van der Waals surface area (Å²) in [7, 11) is 1.57. The predicted octanol–water partition coefficient (Wildman–Crippen LogP) is 4.72. The van der Waals surface area contributed by atoms with Gasteiger partial charge in [0.25, 0.3) is 5.56 Å². The maximum Gasteiger partial charge on any atom is 0.338 e. The molecule has 0 radical (unpaired) electrons. The number of thiazole rings is 1. The van der Waals surface area contributed by atoms with Crippen LogP contribution in [0.25, 0.3) is 17.4 Å². The Balaban J connectivity index is 1.64. The molecule has 0 aliphatic carbocycles. The van der Waals surface area contributed by atoms with Crippen molar-refractivity contribution >= 4 is 35.0 Å². The summed E-state index contributed by atoms with van der Waals surface area (Å²) in [5.74, 6) is 1.28. The molecule has 37 heavy (non-hydrogen) atoms. The molecule has 0 spiro atoms. The summed E-state index contributed by atoms with van der Waals surface area (Å²) in [6.07, 6.45) is 1.69. The third kappa shape index (κ3) is 4.77. The molecule has 1 atom stereocenters. The molecule has 188 valence electrons. The summed E-state index contributed by atoms with van der Waals surface area (Å²) in [6.45, 7) is 3.70. The van der Waals surface area contributed by atoms with E-state index in [0.717, 1.165) is 5.56 Å². The summed E-state index contributed by atoms with van der Waals surface area (Å²) in [4.78, 5) is 31.8. The summed E-state index contributed by atoms with van der Waals surface area (Å²) in [6, 6.07) is 17.5. The first-order valence-electron chi connectivity index (χ1n) is 11.6. The number of carbonyl (C=O) groups excluding carboxylic acids is 1. The molecule has 1 aliphatic rings. The molecule has 7 nitrogen and oxygen atoms in total. The molecule has 0 amide bonds. The van der Waals surface area contributed by atoms with Crippen LogP contribution in [0.15, 0.2) is 86.1 Å². The number of ether oxygens (including phenoxy) is 2. The minimum Gasteiger partial charge on any atom is -0.497 e. The van der Waals surface area contributed by atoms with Crippen molar-refractivity contribution in [1.82, 2.24) is 4.57 Å². The van der Waals surface area contributed by atoms with Crippen molar-refractivity contribution < 1.29 is 18.7 Å². The van der Waals surface area contributed by atoms with Crippen molar-refractivity contribution in [3.63, 3.8) is 0 Å². The molecule has 0 bridgehead atoms. The summed E-state index contributed by atoms with van der Waals surface area (Å²) in [5.41, 5.74) is 2.13. The molecule has 4 aromatic rings. The molecule has 5 rings (SSSR count). The van der Waals surface area contributed by atoms with Crippen LogP contribution in [0.5, 0.6) is 5.75 Å². The Hall–Kier alpha value is -3.88. The number of fused-ring (bicyclic) bond motifs is 1. The highest BCUT2D eigenvalue weighted by molar-refractivity contribution is 7.07. The average Bonchev–Trinajstić information content (AvgIpc) is 3.48. The van der Waals surface area contributed by atoms with Gasteiger partial charge in [0.1, 0.15) is 17.3 Å². The second-order valence-electron chi connectivity index (χ2n) is 8.29. The third-order valence-electron chi connectivity index (χ3n) is 5.96. The average molecular weight is 535 g/mol. The molecule has 1 aliphatic heterocycles. The maximum atomic E-state index is 13.7. The highest BCUT2D eigenvalue weighted by atomic mass is 35.5. The van der Waals surface area contributed by atoms with Crippen LogP contribution in [0.3, 0.4) is 0 Å². The number of methoxy groups -OCH3 is 1. The van der Waals surface area contributed by atoms with Gasteiger partial charge in [-0.2, -0.15) is 0 Å². The Morgan fingerprint density at radius 2 is 1.97 bits per heavy atom. The van der Waals surface area contributed by atoms with E-state index >= 15 is 0 Å². The molecule has 0 saturated carbocycles. The number of hydrogen-bond donors (Lipinski definition) is 0. The van der Waals surface area contributed by atoms with E-state index in [9.17, 15) is 9.59 Å². The van der Waals surface area contributed by atoms with Crippen LogP contribution in [0.1, 0.15) is 31.2 Å². The van der Waals surface area contributed by atoms with Crippen molar-refractivity contribution in [3.05, 3.63) is 108 Å². The van der Waals surface area contributed by atoms with Gasteiger partial charge in [-0.15, -0.1) is 0 Å². The van der Waals surface area contributed by atoms with Crippen LogP contribution >= 0.6 is 22.9 Å². The quantitative estimate of drug-likeness (QED) is 0.334. The van der Waals surface area contributed by atoms with E-state index in [2.05, 4.69) is 4.99 Å². The topological polar surface area (TPSA) is 83.0 Å². The lowest BCUT2D eigenvalue weighted by Gasteiger charge is -2.24. The van der Waals surface area contributed by atoms with Crippen LogP contribution in [-0.2, 0) is 9.53 Å². The van der Waals surface area contributed by atoms with Gasteiger partial charge in [0.05, 0.1) is 35.6 Å². The molecule has 1 unspecified atom stereocenters. The fourth-order valence-electron chi connectivity index (χ4n) is 4.25. The first kappa shape index (κ1) is 24.8. The van der Waals surface area contributed by atoms with Gasteiger partial charge in [0.15, 0.2) is 4.80 Å². The Morgan fingerprint density at radius 1 is 1.19 bits per heavy atom. The zero-order chi connectivity index (χ0) is 26.1. The molecule has 2 aromatic heterocycles. The summed E-state index contributed by atoms with van der Waals surface area (Å²) < 4.78 is 18.7. The zero-order valence-electron chi connectivity index (χ0n) is 20.4. The van der Waals surface area contributed by atoms with Gasteiger partial charge in [0, 0.05) is 16.7 Å². The van der Waals surface area contributed by atoms with Gasteiger partial charge in [0.2, 0.25) is 0 Å². The van der Waals surface area contributed by atoms with E-state index in [1.165, 1.54) is 15.9 Å². The number of allylic oxidation sites excluding steroid dienone is 1. The molecular weight excluding hydrogens is 512 g/mol. The molecule has 2 aromatic carbocycles. The van der Waals surface area contributed by atoms with Gasteiger partial charge < -0.3 is 13.9 Å². The summed E-state index contributed by atoms with van der Waals surface area (Å²) >= 11 is 7.22. The Labute approximate surface area is 221 Å². The van der Waals surface area contributed by atoms with E-state index < -0.39 is 12.0 Å². The van der Waals surface area contributed by atoms with Crippen molar-refractivity contribution in [2.45, 2.75) is 19.9 Å². The number of carbonyl (C=O) groups is 1. The fourth-order valence-corrected chi connectivity index (χ4v) is 5.40. The van der Waals surface area contributed by atoms with E-state index in [-0.39, 0.29) is 12.2 Å². The Bertz CT molecular complexity index is 1700. The second kappa shape index (κ2) is 10.2. The highest BCUT2D eigenvalue weighted by Crippen LogP contribution is 2.32. The lowest BCUT2D eigenvalue weighted by Crippen LogP contribution is -2.39. The fraction of sp³-hybridized carbons (Fsp3) is 0.179. The first-order chi connectivity index (χ1) is 17.9. The van der Waals surface area contributed by atoms with Crippen LogP contribution in [-0.4, -0.2) is 24.3 Å².